The summed E-state index contributed by atoms with van der Waals surface area (Å²) in [5.41, 5.74) is 1.94. The molecule has 1 fully saturated rings. The zero-order chi connectivity index (χ0) is 12.8. The number of rotatable bonds is 3. The number of carboxylic acid groups (broad SMARTS) is 1. The van der Waals surface area contributed by atoms with Crippen molar-refractivity contribution >= 4 is 17.1 Å². The predicted molar refractivity (Wildman–Crippen MR) is 63.3 cm³/mol. The minimum absolute atomic E-state index is 0.431. The van der Waals surface area contributed by atoms with Gasteiger partial charge in [-0.15, -0.1) is 0 Å². The van der Waals surface area contributed by atoms with Crippen LogP contribution >= 0.6 is 0 Å². The lowest BCUT2D eigenvalue weighted by Gasteiger charge is -2.44. The average molecular weight is 247 g/mol. The first-order valence-electron chi connectivity index (χ1n) is 5.78. The maximum Gasteiger partial charge on any atom is 0.307 e. The number of ether oxygens (including phenoxy) is 1. The van der Waals surface area contributed by atoms with Crippen LogP contribution in [0.4, 0.5) is 0 Å². The normalized spacial score (nSPS) is 19.4. The Bertz CT molecular complexity index is 600. The Labute approximate surface area is 103 Å². The Hall–Kier alpha value is -1.88. The van der Waals surface area contributed by atoms with Crippen molar-refractivity contribution in [2.24, 2.45) is 5.92 Å². The Morgan fingerprint density at radius 2 is 2.28 bits per heavy atom. The Kier molecular flexibility index (Phi) is 2.38. The lowest BCUT2D eigenvalue weighted by molar-refractivity contribution is -0.155. The number of nitrogens with zero attached hydrogens (tertiary/aromatic N) is 1. The standard InChI is InChI=1S/C13H13NO4/c1-8(12(15)16)13(5-17-6-13)9-2-3-10-11(4-9)18-7-14-10/h2-4,7-8H,5-6H2,1H3,(H,15,16). The second kappa shape index (κ2) is 3.81. The average Bonchev–Trinajstić information content (AvgIpc) is 2.74. The van der Waals surface area contributed by atoms with E-state index in [0.29, 0.717) is 18.8 Å². The number of fused-ring (bicyclic) bond motifs is 1. The van der Waals surface area contributed by atoms with Gasteiger partial charge in [-0.25, -0.2) is 4.98 Å². The fourth-order valence-electron chi connectivity index (χ4n) is 2.39. The Morgan fingerprint density at radius 3 is 2.89 bits per heavy atom. The first-order chi connectivity index (χ1) is 8.63. The van der Waals surface area contributed by atoms with Gasteiger partial charge < -0.3 is 14.3 Å². The summed E-state index contributed by atoms with van der Waals surface area (Å²) in [6, 6.07) is 5.62. The quantitative estimate of drug-likeness (QED) is 0.895. The molecular weight excluding hydrogens is 234 g/mol. The predicted octanol–water partition coefficient (Wildman–Crippen LogP) is 1.82. The maximum absolute atomic E-state index is 11.2. The van der Waals surface area contributed by atoms with Gasteiger partial charge in [0, 0.05) is 0 Å². The van der Waals surface area contributed by atoms with Crippen LogP contribution in [0.15, 0.2) is 29.0 Å². The molecule has 0 aliphatic carbocycles. The maximum atomic E-state index is 11.2. The monoisotopic (exact) mass is 247 g/mol. The molecule has 0 amide bonds. The van der Waals surface area contributed by atoms with Crippen LogP contribution in [0.1, 0.15) is 12.5 Å². The van der Waals surface area contributed by atoms with E-state index in [2.05, 4.69) is 4.98 Å². The molecular formula is C13H13NO4. The number of hydrogen-bond donors (Lipinski definition) is 1. The molecule has 5 nitrogen and oxygen atoms in total. The van der Waals surface area contributed by atoms with Crippen molar-refractivity contribution in [1.29, 1.82) is 0 Å². The smallest absolute Gasteiger partial charge is 0.307 e. The van der Waals surface area contributed by atoms with E-state index >= 15 is 0 Å². The summed E-state index contributed by atoms with van der Waals surface area (Å²) < 4.78 is 10.5. The molecule has 0 saturated carbocycles. The molecule has 0 radical (unpaired) electrons. The first-order valence-corrected chi connectivity index (χ1v) is 5.78. The van der Waals surface area contributed by atoms with Gasteiger partial charge in [-0.05, 0) is 17.7 Å². The summed E-state index contributed by atoms with van der Waals surface area (Å²) in [7, 11) is 0. The van der Waals surface area contributed by atoms with Crippen molar-refractivity contribution in [3.8, 4) is 0 Å². The van der Waals surface area contributed by atoms with E-state index in [-0.39, 0.29) is 0 Å². The van der Waals surface area contributed by atoms with E-state index in [4.69, 9.17) is 9.15 Å². The second-order valence-electron chi connectivity index (χ2n) is 4.74. The van der Waals surface area contributed by atoms with E-state index in [1.54, 1.807) is 6.92 Å². The van der Waals surface area contributed by atoms with Gasteiger partial charge in [0.2, 0.25) is 0 Å². The molecule has 1 saturated heterocycles. The molecule has 0 spiro atoms. The molecule has 18 heavy (non-hydrogen) atoms. The molecule has 5 heteroatoms. The molecule has 3 rings (SSSR count). The highest BCUT2D eigenvalue weighted by Crippen LogP contribution is 2.40. The molecule has 1 aliphatic heterocycles. The van der Waals surface area contributed by atoms with Crippen LogP contribution in [-0.4, -0.2) is 29.3 Å². The van der Waals surface area contributed by atoms with Crippen LogP contribution in [0.3, 0.4) is 0 Å². The number of carboxylic acids is 1. The largest absolute Gasteiger partial charge is 0.481 e. The van der Waals surface area contributed by atoms with E-state index < -0.39 is 17.3 Å². The van der Waals surface area contributed by atoms with Gasteiger partial charge in [-0.1, -0.05) is 13.0 Å². The highest BCUT2D eigenvalue weighted by molar-refractivity contribution is 5.76. The van der Waals surface area contributed by atoms with Crippen LogP contribution < -0.4 is 0 Å². The van der Waals surface area contributed by atoms with Crippen molar-refractivity contribution in [3.63, 3.8) is 0 Å². The van der Waals surface area contributed by atoms with E-state index in [0.717, 1.165) is 11.1 Å². The van der Waals surface area contributed by atoms with Crippen molar-refractivity contribution in [2.75, 3.05) is 13.2 Å². The minimum Gasteiger partial charge on any atom is -0.481 e. The molecule has 1 aromatic carbocycles. The molecule has 94 valence electrons. The zero-order valence-electron chi connectivity index (χ0n) is 9.92. The molecule has 1 unspecified atom stereocenters. The van der Waals surface area contributed by atoms with Crippen molar-refractivity contribution < 1.29 is 19.1 Å². The molecule has 1 aromatic heterocycles. The van der Waals surface area contributed by atoms with Gasteiger partial charge in [0.25, 0.3) is 0 Å². The topological polar surface area (TPSA) is 72.6 Å². The fourth-order valence-corrected chi connectivity index (χ4v) is 2.39. The van der Waals surface area contributed by atoms with Crippen molar-refractivity contribution in [2.45, 2.75) is 12.3 Å². The number of carbonyl (C=O) groups is 1. The SMILES string of the molecule is CC(C(=O)O)C1(c2ccc3ncoc3c2)COC1. The van der Waals surface area contributed by atoms with Crippen LogP contribution in [-0.2, 0) is 14.9 Å². The number of oxazole rings is 1. The summed E-state index contributed by atoms with van der Waals surface area (Å²) in [5.74, 6) is -1.30. The van der Waals surface area contributed by atoms with Gasteiger partial charge in [0.05, 0.1) is 24.5 Å². The van der Waals surface area contributed by atoms with Crippen molar-refractivity contribution in [1.82, 2.24) is 4.98 Å². The van der Waals surface area contributed by atoms with Crippen molar-refractivity contribution in [3.05, 3.63) is 30.2 Å². The summed E-state index contributed by atoms with van der Waals surface area (Å²) in [5, 5.41) is 9.23. The second-order valence-corrected chi connectivity index (χ2v) is 4.74. The Balaban J connectivity index is 2.07. The molecule has 2 heterocycles. The Morgan fingerprint density at radius 1 is 1.50 bits per heavy atom. The molecule has 0 bridgehead atoms. The lowest BCUT2D eigenvalue weighted by atomic mass is 9.69. The highest BCUT2D eigenvalue weighted by Gasteiger charge is 2.48. The van der Waals surface area contributed by atoms with E-state index in [1.807, 2.05) is 18.2 Å². The third-order valence-corrected chi connectivity index (χ3v) is 3.82. The van der Waals surface area contributed by atoms with Gasteiger partial charge in [0.1, 0.15) is 5.52 Å². The van der Waals surface area contributed by atoms with Gasteiger partial charge in [-0.3, -0.25) is 4.79 Å². The van der Waals surface area contributed by atoms with Crippen LogP contribution in [0.25, 0.3) is 11.1 Å². The summed E-state index contributed by atoms with van der Waals surface area (Å²) in [6.07, 6.45) is 1.39. The lowest BCUT2D eigenvalue weighted by Crippen LogP contribution is -2.53. The summed E-state index contributed by atoms with van der Waals surface area (Å²) >= 11 is 0. The third-order valence-electron chi connectivity index (χ3n) is 3.82. The number of aromatic nitrogens is 1. The molecule has 1 N–H and O–H groups in total. The zero-order valence-corrected chi connectivity index (χ0v) is 9.92. The molecule has 1 aliphatic rings. The van der Waals surface area contributed by atoms with Gasteiger partial charge >= 0.3 is 5.97 Å². The van der Waals surface area contributed by atoms with Crippen LogP contribution in [0.2, 0.25) is 0 Å². The number of aliphatic carboxylic acids is 1. The van der Waals surface area contributed by atoms with Crippen LogP contribution in [0.5, 0.6) is 0 Å². The van der Waals surface area contributed by atoms with E-state index in [9.17, 15) is 9.90 Å². The summed E-state index contributed by atoms with van der Waals surface area (Å²) in [4.78, 5) is 15.3. The highest BCUT2D eigenvalue weighted by atomic mass is 16.5. The first kappa shape index (κ1) is 11.2. The third kappa shape index (κ3) is 1.44. The summed E-state index contributed by atoms with van der Waals surface area (Å²) in [6.45, 7) is 2.58. The number of hydrogen-bond acceptors (Lipinski definition) is 4. The van der Waals surface area contributed by atoms with Crippen LogP contribution in [0, 0.1) is 5.92 Å². The van der Waals surface area contributed by atoms with E-state index in [1.165, 1.54) is 6.39 Å². The van der Waals surface area contributed by atoms with Gasteiger partial charge in [-0.2, -0.15) is 0 Å². The minimum atomic E-state index is -0.809. The van der Waals surface area contributed by atoms with Gasteiger partial charge in [0.15, 0.2) is 12.0 Å². The molecule has 2 aromatic rings. The fraction of sp³-hybridized carbons (Fsp3) is 0.385. The molecule has 1 atom stereocenters. The number of benzene rings is 1.